The van der Waals surface area contributed by atoms with E-state index < -0.39 is 6.04 Å². The van der Waals surface area contributed by atoms with Crippen LogP contribution in [0.25, 0.3) is 11.3 Å². The van der Waals surface area contributed by atoms with Crippen LogP contribution in [-0.4, -0.2) is 29.4 Å². The van der Waals surface area contributed by atoms with E-state index in [1.165, 1.54) is 0 Å². The molecule has 2 N–H and O–H groups in total. The van der Waals surface area contributed by atoms with Crippen LogP contribution in [0.1, 0.15) is 36.3 Å². The molecule has 1 aromatic carbocycles. The molecular weight excluding hydrogens is 382 g/mol. The maximum absolute atomic E-state index is 12.4. The van der Waals surface area contributed by atoms with Crippen LogP contribution in [0.2, 0.25) is 0 Å². The number of hydrogen-bond acceptors (Lipinski definition) is 3. The van der Waals surface area contributed by atoms with Crippen molar-refractivity contribution in [2.45, 2.75) is 33.2 Å². The predicted molar refractivity (Wildman–Crippen MR) is 102 cm³/mol. The molecule has 25 heavy (non-hydrogen) atoms. The van der Waals surface area contributed by atoms with E-state index in [0.717, 1.165) is 22.2 Å². The van der Waals surface area contributed by atoms with E-state index in [9.17, 15) is 9.59 Å². The van der Waals surface area contributed by atoms with Crippen LogP contribution in [0.15, 0.2) is 40.9 Å². The highest BCUT2D eigenvalue weighted by Gasteiger charge is 2.18. The van der Waals surface area contributed by atoms with Crippen molar-refractivity contribution in [2.24, 2.45) is 0 Å². The largest absolute Gasteiger partial charge is 0.354 e. The molecule has 0 saturated heterocycles. The van der Waals surface area contributed by atoms with Gasteiger partial charge in [0.15, 0.2) is 0 Å². The third kappa shape index (κ3) is 5.13. The molecule has 0 bridgehead atoms. The van der Waals surface area contributed by atoms with Crippen molar-refractivity contribution in [3.63, 3.8) is 0 Å². The van der Waals surface area contributed by atoms with Gasteiger partial charge in [-0.15, -0.1) is 0 Å². The number of aryl methyl sites for hydroxylation is 1. The molecule has 0 radical (unpaired) electrons. The smallest absolute Gasteiger partial charge is 0.253 e. The van der Waals surface area contributed by atoms with Gasteiger partial charge < -0.3 is 10.6 Å². The maximum Gasteiger partial charge on any atom is 0.253 e. The van der Waals surface area contributed by atoms with E-state index in [4.69, 9.17) is 0 Å². The summed E-state index contributed by atoms with van der Waals surface area (Å²) in [6, 6.07) is 10.8. The van der Waals surface area contributed by atoms with Gasteiger partial charge in [0.2, 0.25) is 5.91 Å². The van der Waals surface area contributed by atoms with Crippen LogP contribution < -0.4 is 10.6 Å². The Morgan fingerprint density at radius 2 is 2.00 bits per heavy atom. The molecule has 0 aliphatic rings. The Bertz CT molecular complexity index is 777. The summed E-state index contributed by atoms with van der Waals surface area (Å²) in [5.74, 6) is -0.489. The normalized spacial score (nSPS) is 11.7. The van der Waals surface area contributed by atoms with E-state index >= 15 is 0 Å². The van der Waals surface area contributed by atoms with Gasteiger partial charge in [-0.1, -0.05) is 35.0 Å². The van der Waals surface area contributed by atoms with Crippen molar-refractivity contribution in [3.05, 3.63) is 52.1 Å². The number of pyridine rings is 1. The molecule has 2 rings (SSSR count). The van der Waals surface area contributed by atoms with Gasteiger partial charge in [-0.05, 0) is 44.5 Å². The van der Waals surface area contributed by atoms with Gasteiger partial charge in [0.1, 0.15) is 6.04 Å². The number of rotatable bonds is 6. The number of aromatic nitrogens is 1. The van der Waals surface area contributed by atoms with Gasteiger partial charge in [0.05, 0.1) is 17.0 Å². The van der Waals surface area contributed by atoms with Crippen LogP contribution in [-0.2, 0) is 4.79 Å². The average molecular weight is 404 g/mol. The van der Waals surface area contributed by atoms with Crippen molar-refractivity contribution in [3.8, 4) is 11.3 Å². The van der Waals surface area contributed by atoms with E-state index in [1.807, 2.05) is 37.3 Å². The highest BCUT2D eigenvalue weighted by molar-refractivity contribution is 9.10. The molecule has 1 unspecified atom stereocenters. The van der Waals surface area contributed by atoms with E-state index in [-0.39, 0.29) is 11.8 Å². The number of benzene rings is 1. The molecule has 1 heterocycles. The first kappa shape index (κ1) is 19.1. The summed E-state index contributed by atoms with van der Waals surface area (Å²) < 4.78 is 0.971. The zero-order valence-electron chi connectivity index (χ0n) is 14.6. The fraction of sp³-hybridized carbons (Fsp3) is 0.316. The lowest BCUT2D eigenvalue weighted by Gasteiger charge is -2.15. The molecule has 5 nitrogen and oxygen atoms in total. The van der Waals surface area contributed by atoms with Gasteiger partial charge >= 0.3 is 0 Å². The summed E-state index contributed by atoms with van der Waals surface area (Å²) in [6.07, 6.45) is 0.854. The molecule has 132 valence electrons. The number of carbonyl (C=O) groups is 2. The van der Waals surface area contributed by atoms with E-state index in [2.05, 4.69) is 31.5 Å². The minimum absolute atomic E-state index is 0.188. The molecule has 6 heteroatoms. The molecule has 2 aromatic rings. The minimum atomic E-state index is -0.594. The van der Waals surface area contributed by atoms with Crippen LogP contribution >= 0.6 is 15.9 Å². The van der Waals surface area contributed by atoms with Crippen LogP contribution in [0.3, 0.4) is 0 Å². The lowest BCUT2D eigenvalue weighted by molar-refractivity contribution is -0.122. The first-order valence-electron chi connectivity index (χ1n) is 8.24. The molecule has 0 aliphatic heterocycles. The maximum atomic E-state index is 12.4. The van der Waals surface area contributed by atoms with Crippen LogP contribution in [0.4, 0.5) is 0 Å². The number of amides is 2. The summed E-state index contributed by atoms with van der Waals surface area (Å²) in [5.41, 5.74) is 2.85. The van der Waals surface area contributed by atoms with Crippen LogP contribution in [0, 0.1) is 6.92 Å². The van der Waals surface area contributed by atoms with Crippen molar-refractivity contribution >= 4 is 27.7 Å². The number of hydrogen-bond donors (Lipinski definition) is 2. The Morgan fingerprint density at radius 3 is 2.64 bits per heavy atom. The minimum Gasteiger partial charge on any atom is -0.354 e. The Kier molecular flexibility index (Phi) is 6.70. The highest BCUT2D eigenvalue weighted by atomic mass is 79.9. The number of nitrogens with zero attached hydrogens (tertiary/aromatic N) is 1. The molecule has 1 atom stereocenters. The van der Waals surface area contributed by atoms with Crippen molar-refractivity contribution in [1.29, 1.82) is 0 Å². The van der Waals surface area contributed by atoms with E-state index in [0.29, 0.717) is 17.8 Å². The molecule has 0 spiro atoms. The third-order valence-corrected chi connectivity index (χ3v) is 4.23. The van der Waals surface area contributed by atoms with Gasteiger partial charge in [0.25, 0.3) is 5.91 Å². The first-order chi connectivity index (χ1) is 11.9. The van der Waals surface area contributed by atoms with Crippen molar-refractivity contribution in [1.82, 2.24) is 15.6 Å². The highest BCUT2D eigenvalue weighted by Crippen LogP contribution is 2.22. The van der Waals surface area contributed by atoms with Gasteiger partial charge in [-0.2, -0.15) is 0 Å². The standard InChI is InChI=1S/C19H22BrN3O2/c1-4-10-21-18(24)13(3)23-19(25)16-8-9-17(22-12(16)2)14-6-5-7-15(20)11-14/h5-9,11,13H,4,10H2,1-3H3,(H,21,24)(H,23,25). The molecule has 0 aliphatic carbocycles. The second-order valence-electron chi connectivity index (χ2n) is 5.83. The Labute approximate surface area is 156 Å². The summed E-state index contributed by atoms with van der Waals surface area (Å²) in [4.78, 5) is 28.8. The number of nitrogens with one attached hydrogen (secondary N) is 2. The monoisotopic (exact) mass is 403 g/mol. The Hall–Kier alpha value is -2.21. The fourth-order valence-corrected chi connectivity index (χ4v) is 2.75. The summed E-state index contributed by atoms with van der Waals surface area (Å²) in [5, 5.41) is 5.48. The SMILES string of the molecule is CCCNC(=O)C(C)NC(=O)c1ccc(-c2cccc(Br)c2)nc1C. The molecule has 2 amide bonds. The first-order valence-corrected chi connectivity index (χ1v) is 9.03. The topological polar surface area (TPSA) is 71.1 Å². The van der Waals surface area contributed by atoms with E-state index in [1.54, 1.807) is 19.9 Å². The lowest BCUT2D eigenvalue weighted by Crippen LogP contribution is -2.45. The zero-order valence-corrected chi connectivity index (χ0v) is 16.2. The lowest BCUT2D eigenvalue weighted by atomic mass is 10.1. The quantitative estimate of drug-likeness (QED) is 0.775. The number of halogens is 1. The second kappa shape index (κ2) is 8.76. The summed E-state index contributed by atoms with van der Waals surface area (Å²) in [6.45, 7) is 6.03. The van der Waals surface area contributed by atoms with Crippen molar-refractivity contribution in [2.75, 3.05) is 6.54 Å². The molecule has 0 saturated carbocycles. The van der Waals surface area contributed by atoms with Crippen LogP contribution in [0.5, 0.6) is 0 Å². The Morgan fingerprint density at radius 1 is 1.24 bits per heavy atom. The van der Waals surface area contributed by atoms with Gasteiger partial charge in [0, 0.05) is 16.6 Å². The predicted octanol–water partition coefficient (Wildman–Crippen LogP) is 3.46. The zero-order chi connectivity index (χ0) is 18.4. The van der Waals surface area contributed by atoms with Crippen molar-refractivity contribution < 1.29 is 9.59 Å². The molecule has 0 fully saturated rings. The molecule has 1 aromatic heterocycles. The molecular formula is C19H22BrN3O2. The number of carbonyl (C=O) groups excluding carboxylic acids is 2. The fourth-order valence-electron chi connectivity index (χ4n) is 2.35. The summed E-state index contributed by atoms with van der Waals surface area (Å²) >= 11 is 3.44. The van der Waals surface area contributed by atoms with Gasteiger partial charge in [-0.25, -0.2) is 0 Å². The third-order valence-electron chi connectivity index (χ3n) is 3.74. The Balaban J connectivity index is 2.12. The van der Waals surface area contributed by atoms with Gasteiger partial charge in [-0.3, -0.25) is 14.6 Å². The second-order valence-corrected chi connectivity index (χ2v) is 6.74. The average Bonchev–Trinajstić information content (AvgIpc) is 2.59. The summed E-state index contributed by atoms with van der Waals surface area (Å²) in [7, 11) is 0.